The molecule has 25 heavy (non-hydrogen) atoms. The van der Waals surface area contributed by atoms with E-state index >= 15 is 0 Å². The minimum Gasteiger partial charge on any atom is -0.348 e. The van der Waals surface area contributed by atoms with E-state index in [-0.39, 0.29) is 5.91 Å². The van der Waals surface area contributed by atoms with Crippen LogP contribution in [-0.4, -0.2) is 20.5 Å². The highest BCUT2D eigenvalue weighted by molar-refractivity contribution is 6.31. The summed E-state index contributed by atoms with van der Waals surface area (Å²) in [5, 5.41) is 7.95. The quantitative estimate of drug-likeness (QED) is 0.783. The van der Waals surface area contributed by atoms with E-state index in [1.54, 1.807) is 10.7 Å². The third kappa shape index (κ3) is 2.89. The first-order chi connectivity index (χ1) is 12.1. The SMILES string of the molecule is Cc1c2c(nc3c(C(=O)NCc4ccccc4Cl)cnn13)CCCC2. The zero-order valence-electron chi connectivity index (χ0n) is 14.1. The van der Waals surface area contributed by atoms with Crippen LogP contribution in [0.5, 0.6) is 0 Å². The van der Waals surface area contributed by atoms with Crippen molar-refractivity contribution in [1.82, 2.24) is 19.9 Å². The van der Waals surface area contributed by atoms with Crippen LogP contribution in [0.4, 0.5) is 0 Å². The lowest BCUT2D eigenvalue weighted by Crippen LogP contribution is -2.23. The van der Waals surface area contributed by atoms with E-state index in [9.17, 15) is 4.79 Å². The maximum absolute atomic E-state index is 12.6. The maximum atomic E-state index is 12.6. The van der Waals surface area contributed by atoms with Gasteiger partial charge in [-0.25, -0.2) is 9.50 Å². The van der Waals surface area contributed by atoms with Crippen LogP contribution in [0.2, 0.25) is 5.02 Å². The minimum atomic E-state index is -0.183. The lowest BCUT2D eigenvalue weighted by molar-refractivity contribution is 0.0952. The standard InChI is InChI=1S/C19H19ClN4O/c1-12-14-7-3-5-9-17(14)23-18-15(11-22-24(12)18)19(25)21-10-13-6-2-4-8-16(13)20/h2,4,6,8,11H,3,5,7,9-10H2,1H3,(H,21,25). The van der Waals surface area contributed by atoms with Crippen LogP contribution in [-0.2, 0) is 19.4 Å². The third-order valence-corrected chi connectivity index (χ3v) is 5.19. The van der Waals surface area contributed by atoms with Crippen LogP contribution in [0.1, 0.15) is 45.7 Å². The van der Waals surface area contributed by atoms with E-state index in [1.807, 2.05) is 24.3 Å². The van der Waals surface area contributed by atoms with Gasteiger partial charge in [0, 0.05) is 23.0 Å². The molecule has 2 heterocycles. The van der Waals surface area contributed by atoms with Gasteiger partial charge in [-0.2, -0.15) is 5.10 Å². The van der Waals surface area contributed by atoms with E-state index in [0.717, 1.165) is 36.2 Å². The highest BCUT2D eigenvalue weighted by Crippen LogP contribution is 2.24. The summed E-state index contributed by atoms with van der Waals surface area (Å²) in [5.74, 6) is -0.183. The molecule has 1 aliphatic carbocycles. The van der Waals surface area contributed by atoms with Gasteiger partial charge >= 0.3 is 0 Å². The summed E-state index contributed by atoms with van der Waals surface area (Å²) >= 11 is 6.15. The maximum Gasteiger partial charge on any atom is 0.257 e. The van der Waals surface area contributed by atoms with E-state index in [0.29, 0.717) is 22.8 Å². The largest absolute Gasteiger partial charge is 0.348 e. The van der Waals surface area contributed by atoms with Gasteiger partial charge in [-0.3, -0.25) is 4.79 Å². The second-order valence-electron chi connectivity index (χ2n) is 6.40. The Bertz CT molecular complexity index is 963. The number of rotatable bonds is 3. The molecule has 4 rings (SSSR count). The Kier molecular flexibility index (Phi) is 4.17. The molecule has 0 saturated heterocycles. The number of hydrogen-bond acceptors (Lipinski definition) is 3. The predicted molar refractivity (Wildman–Crippen MR) is 97.0 cm³/mol. The van der Waals surface area contributed by atoms with Crippen molar-refractivity contribution in [3.05, 3.63) is 63.6 Å². The number of nitrogens with one attached hydrogen (secondary N) is 1. The Morgan fingerprint density at radius 1 is 1.28 bits per heavy atom. The zero-order chi connectivity index (χ0) is 17.4. The molecule has 1 aliphatic rings. The number of benzene rings is 1. The second-order valence-corrected chi connectivity index (χ2v) is 6.80. The summed E-state index contributed by atoms with van der Waals surface area (Å²) in [5.41, 5.74) is 5.50. The van der Waals surface area contributed by atoms with Crippen molar-refractivity contribution in [3.8, 4) is 0 Å². The molecule has 5 nitrogen and oxygen atoms in total. The molecule has 1 N–H and O–H groups in total. The fourth-order valence-corrected chi connectivity index (χ4v) is 3.63. The monoisotopic (exact) mass is 354 g/mol. The molecule has 2 aromatic heterocycles. The lowest BCUT2D eigenvalue weighted by atomic mass is 9.95. The van der Waals surface area contributed by atoms with Crippen molar-refractivity contribution in [3.63, 3.8) is 0 Å². The van der Waals surface area contributed by atoms with Crippen LogP contribution in [0.3, 0.4) is 0 Å². The lowest BCUT2D eigenvalue weighted by Gasteiger charge is -2.17. The smallest absolute Gasteiger partial charge is 0.257 e. The van der Waals surface area contributed by atoms with Crippen LogP contribution in [0, 0.1) is 6.92 Å². The number of nitrogens with zero attached hydrogens (tertiary/aromatic N) is 3. The van der Waals surface area contributed by atoms with Crippen molar-refractivity contribution in [2.75, 3.05) is 0 Å². The minimum absolute atomic E-state index is 0.183. The average Bonchev–Trinajstić information content (AvgIpc) is 3.05. The van der Waals surface area contributed by atoms with Crippen molar-refractivity contribution < 1.29 is 4.79 Å². The second kappa shape index (κ2) is 6.48. The zero-order valence-corrected chi connectivity index (χ0v) is 14.8. The fraction of sp³-hybridized carbons (Fsp3) is 0.316. The molecule has 6 heteroatoms. The molecule has 0 saturated carbocycles. The predicted octanol–water partition coefficient (Wildman–Crippen LogP) is 3.50. The number of carbonyl (C=O) groups excluding carboxylic acids is 1. The molecule has 3 aromatic rings. The van der Waals surface area contributed by atoms with Gasteiger partial charge in [0.05, 0.1) is 6.20 Å². The van der Waals surface area contributed by atoms with Gasteiger partial charge in [-0.1, -0.05) is 29.8 Å². The Morgan fingerprint density at radius 3 is 2.92 bits per heavy atom. The fourth-order valence-electron chi connectivity index (χ4n) is 3.43. The van der Waals surface area contributed by atoms with Gasteiger partial charge in [-0.15, -0.1) is 0 Å². The summed E-state index contributed by atoms with van der Waals surface area (Å²) < 4.78 is 1.79. The first-order valence-electron chi connectivity index (χ1n) is 8.53. The number of halogens is 1. The van der Waals surface area contributed by atoms with Crippen molar-refractivity contribution in [2.45, 2.75) is 39.2 Å². The Labute approximate surface area is 151 Å². The number of aryl methyl sites for hydroxylation is 2. The summed E-state index contributed by atoms with van der Waals surface area (Å²) in [7, 11) is 0. The van der Waals surface area contributed by atoms with E-state index in [2.05, 4.69) is 17.3 Å². The van der Waals surface area contributed by atoms with Crippen molar-refractivity contribution in [1.29, 1.82) is 0 Å². The van der Waals surface area contributed by atoms with Gasteiger partial charge in [0.2, 0.25) is 0 Å². The molecule has 1 aromatic carbocycles. The van der Waals surface area contributed by atoms with Crippen molar-refractivity contribution >= 4 is 23.2 Å². The molecule has 0 atom stereocenters. The highest BCUT2D eigenvalue weighted by atomic mass is 35.5. The van der Waals surface area contributed by atoms with Gasteiger partial charge in [0.1, 0.15) is 5.56 Å². The topological polar surface area (TPSA) is 59.3 Å². The van der Waals surface area contributed by atoms with E-state index < -0.39 is 0 Å². The summed E-state index contributed by atoms with van der Waals surface area (Å²) in [6, 6.07) is 7.49. The summed E-state index contributed by atoms with van der Waals surface area (Å²) in [4.78, 5) is 17.4. The molecular formula is C19H19ClN4O. The Hall–Kier alpha value is -2.40. The van der Waals surface area contributed by atoms with Crippen molar-refractivity contribution in [2.24, 2.45) is 0 Å². The number of carbonyl (C=O) groups is 1. The van der Waals surface area contributed by atoms with E-state index in [1.165, 1.54) is 12.0 Å². The summed E-state index contributed by atoms with van der Waals surface area (Å²) in [6.07, 6.45) is 5.95. The van der Waals surface area contributed by atoms with Crippen LogP contribution in [0.25, 0.3) is 5.65 Å². The Balaban J connectivity index is 1.64. The van der Waals surface area contributed by atoms with Crippen LogP contribution < -0.4 is 5.32 Å². The normalized spacial score (nSPS) is 13.7. The van der Waals surface area contributed by atoms with Crippen LogP contribution >= 0.6 is 11.6 Å². The highest BCUT2D eigenvalue weighted by Gasteiger charge is 2.21. The van der Waals surface area contributed by atoms with Gasteiger partial charge in [-0.05, 0) is 49.8 Å². The molecule has 0 spiro atoms. The third-order valence-electron chi connectivity index (χ3n) is 4.82. The van der Waals surface area contributed by atoms with Crippen LogP contribution in [0.15, 0.2) is 30.5 Å². The number of aromatic nitrogens is 3. The summed E-state index contributed by atoms with van der Waals surface area (Å²) in [6.45, 7) is 2.43. The molecule has 0 radical (unpaired) electrons. The molecule has 128 valence electrons. The molecule has 0 bridgehead atoms. The average molecular weight is 355 g/mol. The number of amides is 1. The molecular weight excluding hydrogens is 336 g/mol. The molecule has 0 aliphatic heterocycles. The first kappa shape index (κ1) is 16.1. The van der Waals surface area contributed by atoms with E-state index in [4.69, 9.17) is 16.6 Å². The first-order valence-corrected chi connectivity index (χ1v) is 8.90. The van der Waals surface area contributed by atoms with Gasteiger partial charge < -0.3 is 5.32 Å². The molecule has 1 amide bonds. The molecule has 0 fully saturated rings. The molecule has 0 unspecified atom stereocenters. The number of fused-ring (bicyclic) bond motifs is 2. The Morgan fingerprint density at radius 2 is 2.08 bits per heavy atom. The van der Waals surface area contributed by atoms with Gasteiger partial charge in [0.15, 0.2) is 5.65 Å². The number of hydrogen-bond donors (Lipinski definition) is 1. The van der Waals surface area contributed by atoms with Gasteiger partial charge in [0.25, 0.3) is 5.91 Å².